The number of hydrogen-bond acceptors (Lipinski definition) is 4. The molecule has 2 heterocycles. The van der Waals surface area contributed by atoms with E-state index in [1.807, 2.05) is 30.3 Å². The van der Waals surface area contributed by atoms with Gasteiger partial charge in [0.15, 0.2) is 0 Å². The van der Waals surface area contributed by atoms with Crippen molar-refractivity contribution >= 4 is 55.0 Å². The molecule has 32 heavy (non-hydrogen) atoms. The van der Waals surface area contributed by atoms with Gasteiger partial charge in [0.25, 0.3) is 10.0 Å². The van der Waals surface area contributed by atoms with Crippen molar-refractivity contribution in [3.05, 3.63) is 66.7 Å². The number of benzene rings is 3. The molecule has 1 aliphatic heterocycles. The molecule has 0 saturated carbocycles. The van der Waals surface area contributed by atoms with Crippen molar-refractivity contribution in [2.75, 3.05) is 9.62 Å². The Hall–Kier alpha value is -3.65. The van der Waals surface area contributed by atoms with Gasteiger partial charge < -0.3 is 4.57 Å². The molecule has 0 unspecified atom stereocenters. The van der Waals surface area contributed by atoms with Gasteiger partial charge >= 0.3 is 0 Å². The van der Waals surface area contributed by atoms with E-state index in [1.54, 1.807) is 6.07 Å². The first-order chi connectivity index (χ1) is 15.4. The van der Waals surface area contributed by atoms with Crippen molar-refractivity contribution in [1.29, 1.82) is 0 Å². The standard InChI is InChI=1S/C24H21N3O4S/c1-2-26-21-6-4-3-5-19(21)20-15-16(7-12-22(20)26)25-32(30,31)18-10-8-17(9-11-18)27-23(28)13-14-24(27)29/h3-12,15,25H,2,13-14H2,1H3. The van der Waals surface area contributed by atoms with Crippen LogP contribution in [0.4, 0.5) is 11.4 Å². The number of anilines is 2. The fourth-order valence-corrected chi connectivity index (χ4v) is 5.36. The summed E-state index contributed by atoms with van der Waals surface area (Å²) in [7, 11) is -3.85. The van der Waals surface area contributed by atoms with Crippen LogP contribution in [0.25, 0.3) is 21.8 Å². The van der Waals surface area contributed by atoms with Crippen LogP contribution < -0.4 is 9.62 Å². The van der Waals surface area contributed by atoms with Gasteiger partial charge in [0.05, 0.1) is 10.6 Å². The molecule has 1 saturated heterocycles. The highest BCUT2D eigenvalue weighted by Gasteiger charge is 2.30. The van der Waals surface area contributed by atoms with E-state index in [1.165, 1.54) is 24.3 Å². The molecule has 5 rings (SSSR count). The summed E-state index contributed by atoms with van der Waals surface area (Å²) in [4.78, 5) is 25.0. The fraction of sp³-hybridized carbons (Fsp3) is 0.167. The Morgan fingerprint density at radius 2 is 1.50 bits per heavy atom. The van der Waals surface area contributed by atoms with Gasteiger partial charge in [0, 0.05) is 46.9 Å². The molecule has 1 aliphatic rings. The number of aryl methyl sites for hydroxylation is 1. The molecule has 3 aromatic carbocycles. The maximum Gasteiger partial charge on any atom is 0.261 e. The van der Waals surface area contributed by atoms with Crippen molar-refractivity contribution in [1.82, 2.24) is 4.57 Å². The third-order valence-corrected chi connectivity index (χ3v) is 7.19. The van der Waals surface area contributed by atoms with E-state index in [2.05, 4.69) is 22.3 Å². The molecule has 162 valence electrons. The van der Waals surface area contributed by atoms with Crippen LogP contribution >= 0.6 is 0 Å². The Bertz CT molecular complexity index is 1470. The first-order valence-electron chi connectivity index (χ1n) is 10.4. The van der Waals surface area contributed by atoms with Crippen LogP contribution in [-0.2, 0) is 26.2 Å². The molecule has 1 aromatic heterocycles. The molecule has 0 aliphatic carbocycles. The van der Waals surface area contributed by atoms with Crippen LogP contribution in [0.3, 0.4) is 0 Å². The van der Waals surface area contributed by atoms with E-state index >= 15 is 0 Å². The number of para-hydroxylation sites is 1. The summed E-state index contributed by atoms with van der Waals surface area (Å²) < 4.78 is 30.8. The predicted octanol–water partition coefficient (Wildman–Crippen LogP) is 4.27. The summed E-state index contributed by atoms with van der Waals surface area (Å²) in [6, 6.07) is 19.3. The number of sulfonamides is 1. The second-order valence-electron chi connectivity index (χ2n) is 7.72. The van der Waals surface area contributed by atoms with Gasteiger partial charge in [-0.15, -0.1) is 0 Å². The second kappa shape index (κ2) is 7.49. The number of aromatic nitrogens is 1. The molecule has 8 heteroatoms. The van der Waals surface area contributed by atoms with Crippen LogP contribution in [0, 0.1) is 0 Å². The van der Waals surface area contributed by atoms with Crippen LogP contribution in [0.5, 0.6) is 0 Å². The summed E-state index contributed by atoms with van der Waals surface area (Å²) in [6.07, 6.45) is 0.356. The number of carbonyl (C=O) groups excluding carboxylic acids is 2. The Kier molecular flexibility index (Phi) is 4.74. The summed E-state index contributed by atoms with van der Waals surface area (Å²) in [5.41, 5.74) is 2.99. The number of carbonyl (C=O) groups is 2. The minimum absolute atomic E-state index is 0.0522. The minimum atomic E-state index is -3.85. The number of nitrogens with zero attached hydrogens (tertiary/aromatic N) is 2. The number of nitrogens with one attached hydrogen (secondary N) is 1. The zero-order valence-corrected chi connectivity index (χ0v) is 18.2. The Morgan fingerprint density at radius 1 is 0.844 bits per heavy atom. The molecule has 1 N–H and O–H groups in total. The van der Waals surface area contributed by atoms with E-state index in [-0.39, 0.29) is 29.6 Å². The van der Waals surface area contributed by atoms with Crippen LogP contribution in [0.15, 0.2) is 71.6 Å². The molecule has 0 atom stereocenters. The molecule has 0 spiro atoms. The highest BCUT2D eigenvalue weighted by molar-refractivity contribution is 7.92. The highest BCUT2D eigenvalue weighted by Crippen LogP contribution is 2.32. The Morgan fingerprint density at radius 3 is 2.19 bits per heavy atom. The Balaban J connectivity index is 1.47. The molecule has 4 aromatic rings. The number of fused-ring (bicyclic) bond motifs is 3. The van der Waals surface area contributed by atoms with E-state index in [0.717, 1.165) is 33.3 Å². The SMILES string of the molecule is CCn1c2ccccc2c2cc(NS(=O)(=O)c3ccc(N4C(=O)CCC4=O)cc3)ccc21. The highest BCUT2D eigenvalue weighted by atomic mass is 32.2. The summed E-state index contributed by atoms with van der Waals surface area (Å²) in [5, 5.41) is 2.04. The van der Waals surface area contributed by atoms with Crippen LogP contribution in [0.1, 0.15) is 19.8 Å². The number of hydrogen-bond donors (Lipinski definition) is 1. The predicted molar refractivity (Wildman–Crippen MR) is 124 cm³/mol. The first-order valence-corrected chi connectivity index (χ1v) is 11.9. The zero-order chi connectivity index (χ0) is 22.5. The van der Waals surface area contributed by atoms with E-state index in [4.69, 9.17) is 0 Å². The van der Waals surface area contributed by atoms with Gasteiger partial charge in [-0.1, -0.05) is 18.2 Å². The van der Waals surface area contributed by atoms with Gasteiger partial charge in [0.2, 0.25) is 11.8 Å². The quantitative estimate of drug-likeness (QED) is 0.463. The fourth-order valence-electron chi connectivity index (χ4n) is 4.31. The third-order valence-electron chi connectivity index (χ3n) is 5.80. The largest absolute Gasteiger partial charge is 0.341 e. The topological polar surface area (TPSA) is 88.5 Å². The van der Waals surface area contributed by atoms with E-state index < -0.39 is 10.0 Å². The molecule has 0 radical (unpaired) electrons. The first kappa shape index (κ1) is 20.3. The van der Waals surface area contributed by atoms with Crippen molar-refractivity contribution in [2.45, 2.75) is 31.2 Å². The third kappa shape index (κ3) is 3.23. The Labute approximate surface area is 185 Å². The smallest absolute Gasteiger partial charge is 0.261 e. The van der Waals surface area contributed by atoms with Crippen LogP contribution in [0.2, 0.25) is 0 Å². The van der Waals surface area contributed by atoms with E-state index in [9.17, 15) is 18.0 Å². The van der Waals surface area contributed by atoms with Gasteiger partial charge in [0.1, 0.15) is 0 Å². The summed E-state index contributed by atoms with van der Waals surface area (Å²) in [5.74, 6) is -0.549. The maximum atomic E-state index is 13.0. The number of rotatable bonds is 5. The second-order valence-corrected chi connectivity index (χ2v) is 9.40. The van der Waals surface area contributed by atoms with Gasteiger partial charge in [-0.3, -0.25) is 19.2 Å². The lowest BCUT2D eigenvalue weighted by Gasteiger charge is -2.14. The maximum absolute atomic E-state index is 13.0. The average Bonchev–Trinajstić information content (AvgIpc) is 3.29. The van der Waals surface area contributed by atoms with Crippen molar-refractivity contribution in [2.24, 2.45) is 0 Å². The lowest BCUT2D eigenvalue weighted by molar-refractivity contribution is -0.121. The van der Waals surface area contributed by atoms with Crippen molar-refractivity contribution < 1.29 is 18.0 Å². The summed E-state index contributed by atoms with van der Waals surface area (Å²) >= 11 is 0. The average molecular weight is 448 g/mol. The molecule has 2 amide bonds. The van der Waals surface area contributed by atoms with Crippen LogP contribution in [-0.4, -0.2) is 24.8 Å². The van der Waals surface area contributed by atoms with Gasteiger partial charge in [-0.2, -0.15) is 0 Å². The number of imide groups is 1. The van der Waals surface area contributed by atoms with Crippen molar-refractivity contribution in [3.63, 3.8) is 0 Å². The summed E-state index contributed by atoms with van der Waals surface area (Å²) in [6.45, 7) is 2.89. The molecule has 1 fully saturated rings. The van der Waals surface area contributed by atoms with E-state index in [0.29, 0.717) is 11.4 Å². The lowest BCUT2D eigenvalue weighted by atomic mass is 10.1. The minimum Gasteiger partial charge on any atom is -0.341 e. The monoisotopic (exact) mass is 447 g/mol. The zero-order valence-electron chi connectivity index (χ0n) is 17.4. The van der Waals surface area contributed by atoms with Gasteiger partial charge in [-0.25, -0.2) is 8.42 Å². The molecule has 7 nitrogen and oxygen atoms in total. The number of amides is 2. The van der Waals surface area contributed by atoms with Gasteiger partial charge in [-0.05, 0) is 55.5 Å². The lowest BCUT2D eigenvalue weighted by Crippen LogP contribution is -2.28. The molecular formula is C24H21N3O4S. The molecular weight excluding hydrogens is 426 g/mol. The molecule has 0 bridgehead atoms. The van der Waals surface area contributed by atoms with Crippen molar-refractivity contribution in [3.8, 4) is 0 Å². The normalized spacial score (nSPS) is 14.6.